The van der Waals surface area contributed by atoms with Crippen molar-refractivity contribution in [2.45, 2.75) is 44.7 Å². The highest BCUT2D eigenvalue weighted by Gasteiger charge is 2.35. The molecule has 0 aromatic heterocycles. The summed E-state index contributed by atoms with van der Waals surface area (Å²) in [5.41, 5.74) is 0.815. The van der Waals surface area contributed by atoms with Crippen LogP contribution in [-0.2, 0) is 30.3 Å². The Hall–Kier alpha value is -4.28. The number of aliphatic carboxylic acids is 1. The lowest BCUT2D eigenvalue weighted by molar-refractivity contribution is -0.384. The third-order valence-electron chi connectivity index (χ3n) is 5.17. The lowest BCUT2D eigenvalue weighted by Gasteiger charge is -2.27. The van der Waals surface area contributed by atoms with Gasteiger partial charge in [0, 0.05) is 31.4 Å². The zero-order valence-corrected chi connectivity index (χ0v) is 19.3. The first-order chi connectivity index (χ1) is 16.6. The highest BCUT2D eigenvalue weighted by Crippen LogP contribution is 2.27. The maximum absolute atomic E-state index is 13.1. The van der Waals surface area contributed by atoms with E-state index >= 15 is 0 Å². The average molecular weight is 485 g/mol. The summed E-state index contributed by atoms with van der Waals surface area (Å²) in [5.74, 6) is -4.45. The molecular formula is C24H27N3O8. The van der Waals surface area contributed by atoms with Crippen LogP contribution in [0.4, 0.5) is 5.69 Å². The molecule has 0 heterocycles. The van der Waals surface area contributed by atoms with Crippen LogP contribution < -0.4 is 10.6 Å². The Morgan fingerprint density at radius 2 is 1.66 bits per heavy atom. The summed E-state index contributed by atoms with van der Waals surface area (Å²) in [6.07, 6.45) is -0.287. The van der Waals surface area contributed by atoms with Gasteiger partial charge in [0.05, 0.1) is 18.0 Å². The summed E-state index contributed by atoms with van der Waals surface area (Å²) < 4.78 is 4.96. The van der Waals surface area contributed by atoms with Gasteiger partial charge in [0.25, 0.3) is 5.69 Å². The molecule has 0 fully saturated rings. The maximum Gasteiger partial charge on any atom is 0.326 e. The summed E-state index contributed by atoms with van der Waals surface area (Å²) in [6, 6.07) is 11.2. The van der Waals surface area contributed by atoms with Crippen LogP contribution in [0.2, 0.25) is 0 Å². The summed E-state index contributed by atoms with van der Waals surface area (Å²) >= 11 is 0. The van der Waals surface area contributed by atoms with Crippen LogP contribution in [0.3, 0.4) is 0 Å². The van der Waals surface area contributed by atoms with Gasteiger partial charge in [-0.25, -0.2) is 4.79 Å². The Morgan fingerprint density at radius 1 is 1.03 bits per heavy atom. The molecule has 35 heavy (non-hydrogen) atoms. The number of nitrogens with zero attached hydrogens (tertiary/aromatic N) is 1. The van der Waals surface area contributed by atoms with Gasteiger partial charge in [-0.15, -0.1) is 0 Å². The number of amides is 2. The molecule has 2 aromatic rings. The first-order valence-electron chi connectivity index (χ1n) is 10.9. The average Bonchev–Trinajstić information content (AvgIpc) is 2.81. The predicted molar refractivity (Wildman–Crippen MR) is 124 cm³/mol. The number of esters is 1. The number of carboxylic acids is 1. The molecule has 0 aliphatic rings. The molecule has 0 saturated heterocycles. The molecule has 0 radical (unpaired) electrons. The highest BCUT2D eigenvalue weighted by molar-refractivity contribution is 5.91. The van der Waals surface area contributed by atoms with E-state index in [0.717, 1.165) is 5.56 Å². The number of benzene rings is 2. The zero-order chi connectivity index (χ0) is 26.0. The zero-order valence-electron chi connectivity index (χ0n) is 19.3. The second-order valence-electron chi connectivity index (χ2n) is 7.73. The number of nitro benzene ring substituents is 1. The molecule has 2 rings (SSSR count). The molecule has 0 unspecified atom stereocenters. The molecular weight excluding hydrogens is 458 g/mol. The topological polar surface area (TPSA) is 165 Å². The lowest BCUT2D eigenvalue weighted by Crippen LogP contribution is -2.54. The number of carbonyl (C=O) groups excluding carboxylic acids is 3. The Balaban J connectivity index is 2.36. The quantitative estimate of drug-likeness (QED) is 0.233. The molecule has 11 nitrogen and oxygen atoms in total. The van der Waals surface area contributed by atoms with Crippen molar-refractivity contribution in [3.05, 3.63) is 75.8 Å². The maximum atomic E-state index is 13.1. The van der Waals surface area contributed by atoms with Crippen LogP contribution in [0.5, 0.6) is 0 Å². The van der Waals surface area contributed by atoms with Crippen molar-refractivity contribution >= 4 is 29.4 Å². The van der Waals surface area contributed by atoms with E-state index in [1.54, 1.807) is 37.3 Å². The van der Waals surface area contributed by atoms with E-state index in [0.29, 0.717) is 0 Å². The van der Waals surface area contributed by atoms with Crippen LogP contribution in [0.25, 0.3) is 0 Å². The van der Waals surface area contributed by atoms with Gasteiger partial charge in [0.15, 0.2) is 0 Å². The number of hydrogen-bond donors (Lipinski definition) is 3. The second kappa shape index (κ2) is 12.8. The fourth-order valence-corrected chi connectivity index (χ4v) is 3.56. The largest absolute Gasteiger partial charge is 0.480 e. The lowest BCUT2D eigenvalue weighted by atomic mass is 9.88. The molecule has 3 N–H and O–H groups in total. The van der Waals surface area contributed by atoms with Gasteiger partial charge in [-0.05, 0) is 18.1 Å². The van der Waals surface area contributed by atoms with Crippen LogP contribution in [-0.4, -0.2) is 52.5 Å². The Labute approximate surface area is 201 Å². The van der Waals surface area contributed by atoms with Gasteiger partial charge in [-0.1, -0.05) is 42.5 Å². The number of nitrogens with one attached hydrogen (secondary N) is 2. The van der Waals surface area contributed by atoms with Crippen LogP contribution in [0.1, 0.15) is 37.3 Å². The second-order valence-corrected chi connectivity index (χ2v) is 7.73. The van der Waals surface area contributed by atoms with E-state index < -0.39 is 53.1 Å². The van der Waals surface area contributed by atoms with Gasteiger partial charge in [0.2, 0.25) is 11.8 Å². The first-order valence-corrected chi connectivity index (χ1v) is 10.9. The standard InChI is InChI=1S/C24H27N3O8/c1-3-35-21(29)14-19(17-9-11-18(12-10-17)27(33)34)22(24(31)32)26-23(30)20(25-15(2)28)13-16-7-5-4-6-8-16/h4-12,19-20,22H,3,13-14H2,1-2H3,(H,25,28)(H,26,30)(H,31,32)/t19-,20+,22+/m1/s1. The van der Waals surface area contributed by atoms with Crippen molar-refractivity contribution < 1.29 is 33.9 Å². The number of non-ortho nitro benzene ring substituents is 1. The van der Waals surface area contributed by atoms with Crippen LogP contribution in [0.15, 0.2) is 54.6 Å². The van der Waals surface area contributed by atoms with Gasteiger partial charge in [-0.2, -0.15) is 0 Å². The molecule has 0 bridgehead atoms. The Kier molecular flexibility index (Phi) is 9.88. The van der Waals surface area contributed by atoms with E-state index in [2.05, 4.69) is 10.6 Å². The minimum Gasteiger partial charge on any atom is -0.480 e. The van der Waals surface area contributed by atoms with Gasteiger partial charge in [0.1, 0.15) is 12.1 Å². The summed E-state index contributed by atoms with van der Waals surface area (Å²) in [6.45, 7) is 2.90. The van der Waals surface area contributed by atoms with Crippen molar-refractivity contribution in [2.75, 3.05) is 6.61 Å². The third kappa shape index (κ3) is 8.22. The fraction of sp³-hybridized carbons (Fsp3) is 0.333. The molecule has 11 heteroatoms. The number of carboxylic acid groups (broad SMARTS) is 1. The first kappa shape index (κ1) is 27.0. The van der Waals surface area contributed by atoms with Crippen molar-refractivity contribution in [1.29, 1.82) is 0 Å². The SMILES string of the molecule is CCOC(=O)C[C@H](c1ccc([N+](=O)[O-])cc1)[C@H](NC(=O)[C@H](Cc1ccccc1)NC(C)=O)C(=O)O. The normalized spacial score (nSPS) is 13.1. The molecule has 0 saturated carbocycles. The fourth-order valence-electron chi connectivity index (χ4n) is 3.56. The summed E-state index contributed by atoms with van der Waals surface area (Å²) in [5, 5.41) is 25.9. The van der Waals surface area contributed by atoms with Gasteiger partial charge >= 0.3 is 11.9 Å². The number of ether oxygens (including phenoxy) is 1. The monoisotopic (exact) mass is 485 g/mol. The summed E-state index contributed by atoms with van der Waals surface area (Å²) in [4.78, 5) is 59.6. The Bertz CT molecular complexity index is 1060. The van der Waals surface area contributed by atoms with Crippen molar-refractivity contribution in [2.24, 2.45) is 0 Å². The molecule has 0 aliphatic carbocycles. The van der Waals surface area contributed by atoms with E-state index in [4.69, 9.17) is 4.74 Å². The third-order valence-corrected chi connectivity index (χ3v) is 5.17. The molecule has 2 amide bonds. The number of hydrogen-bond acceptors (Lipinski definition) is 7. The van der Waals surface area contributed by atoms with Crippen molar-refractivity contribution in [3.8, 4) is 0 Å². The van der Waals surface area contributed by atoms with Gasteiger partial charge in [-0.3, -0.25) is 24.5 Å². The molecule has 3 atom stereocenters. The number of nitro groups is 1. The van der Waals surface area contributed by atoms with Crippen LogP contribution in [0, 0.1) is 10.1 Å². The van der Waals surface area contributed by atoms with Crippen molar-refractivity contribution in [3.63, 3.8) is 0 Å². The smallest absolute Gasteiger partial charge is 0.326 e. The van der Waals surface area contributed by atoms with Crippen molar-refractivity contribution in [1.82, 2.24) is 10.6 Å². The summed E-state index contributed by atoms with van der Waals surface area (Å²) in [7, 11) is 0. The van der Waals surface area contributed by atoms with E-state index in [-0.39, 0.29) is 24.3 Å². The van der Waals surface area contributed by atoms with E-state index in [1.807, 2.05) is 0 Å². The van der Waals surface area contributed by atoms with Gasteiger partial charge < -0.3 is 20.5 Å². The molecule has 186 valence electrons. The highest BCUT2D eigenvalue weighted by atomic mass is 16.6. The molecule has 0 spiro atoms. The minimum absolute atomic E-state index is 0.0671. The molecule has 0 aliphatic heterocycles. The van der Waals surface area contributed by atoms with Crippen LogP contribution >= 0.6 is 0 Å². The number of carbonyl (C=O) groups is 4. The molecule has 2 aromatic carbocycles. The Morgan fingerprint density at radius 3 is 2.17 bits per heavy atom. The van der Waals surface area contributed by atoms with E-state index in [9.17, 15) is 34.4 Å². The minimum atomic E-state index is -1.58. The number of rotatable bonds is 12. The predicted octanol–water partition coefficient (Wildman–Crippen LogP) is 1.95. The van der Waals surface area contributed by atoms with E-state index in [1.165, 1.54) is 31.2 Å².